The molecule has 0 spiro atoms. The van der Waals surface area contributed by atoms with Crippen molar-refractivity contribution < 1.29 is 52.2 Å². The number of esters is 2. The number of hydrogen-bond donors (Lipinski definition) is 0. The lowest BCUT2D eigenvalue weighted by Gasteiger charge is -2.49. The fourth-order valence-electron chi connectivity index (χ4n) is 8.01. The van der Waals surface area contributed by atoms with Crippen molar-refractivity contribution in [3.8, 4) is 0 Å². The van der Waals surface area contributed by atoms with Crippen LogP contribution in [0.3, 0.4) is 0 Å². The number of carbonyl (C=O) groups excluding carboxylic acids is 2. The van der Waals surface area contributed by atoms with E-state index in [1.165, 1.54) is 0 Å². The van der Waals surface area contributed by atoms with E-state index in [4.69, 9.17) is 42.6 Å². The van der Waals surface area contributed by atoms with Crippen LogP contribution in [0.25, 0.3) is 0 Å². The molecule has 11 nitrogen and oxygen atoms in total. The van der Waals surface area contributed by atoms with Crippen LogP contribution < -0.4 is 0 Å². The van der Waals surface area contributed by atoms with Gasteiger partial charge in [-0.1, -0.05) is 168 Å². The van der Waals surface area contributed by atoms with E-state index < -0.39 is 49.2 Å². The Hall–Kier alpha value is -4.46. The maximum atomic E-state index is 13.1. The largest absolute Gasteiger partial charge is 0.463 e. The topological polar surface area (TPSA) is 117 Å². The second-order valence-corrected chi connectivity index (χ2v) is 16.9. The molecule has 10 atom stereocenters. The van der Waals surface area contributed by atoms with E-state index in [1.807, 2.05) is 128 Å². The highest BCUT2D eigenvalue weighted by atomic mass is 16.8. The van der Waals surface area contributed by atoms with Crippen molar-refractivity contribution in [3.63, 3.8) is 0 Å². The molecule has 0 amide bonds. The van der Waals surface area contributed by atoms with Crippen LogP contribution in [0, 0.1) is 11.8 Å². The molecule has 0 N–H and O–H groups in total. The van der Waals surface area contributed by atoms with E-state index in [2.05, 4.69) is 20.8 Å². The maximum absolute atomic E-state index is 13.1. The molecular weight excluding hydrogens is 813 g/mol. The monoisotopic (exact) mass is 880 g/mol. The standard InChI is InChI=1S/C53H68O11/c1-5-7-13-31-47(55)56-36-44-38(3)39(4)48(58-32-40-22-14-9-15-23-40)52(62-44)64-53-51(61-35-43-28-20-12-21-29-43)50(60-34-42-26-18-11-19-27-42)49(59-33-41-24-16-10-17-25-41)45(63-53)37-57-46(54)30-8-6-2/h9-12,14-29,38-39,44-45,48-53H,5-8,13,30-37H2,1-4H3. The second-order valence-electron chi connectivity index (χ2n) is 16.9. The maximum Gasteiger partial charge on any atom is 0.305 e. The Morgan fingerprint density at radius 2 is 0.844 bits per heavy atom. The van der Waals surface area contributed by atoms with Gasteiger partial charge < -0.3 is 42.6 Å². The van der Waals surface area contributed by atoms with Crippen molar-refractivity contribution >= 4 is 11.9 Å². The van der Waals surface area contributed by atoms with Crippen molar-refractivity contribution in [1.29, 1.82) is 0 Å². The molecule has 2 aliphatic heterocycles. The van der Waals surface area contributed by atoms with Crippen molar-refractivity contribution in [2.75, 3.05) is 13.2 Å². The minimum Gasteiger partial charge on any atom is -0.463 e. The van der Waals surface area contributed by atoms with Crippen molar-refractivity contribution in [1.82, 2.24) is 0 Å². The van der Waals surface area contributed by atoms with Gasteiger partial charge in [-0.05, 0) is 46.9 Å². The molecule has 4 aromatic rings. The average Bonchev–Trinajstić information content (AvgIpc) is 3.33. The summed E-state index contributed by atoms with van der Waals surface area (Å²) in [4.78, 5) is 25.9. The highest BCUT2D eigenvalue weighted by Gasteiger charge is 2.52. The second kappa shape index (κ2) is 26.5. The van der Waals surface area contributed by atoms with Gasteiger partial charge in [0.1, 0.15) is 43.7 Å². The van der Waals surface area contributed by atoms with E-state index in [0.717, 1.165) is 47.9 Å². The first-order chi connectivity index (χ1) is 31.3. The van der Waals surface area contributed by atoms with Crippen LogP contribution in [-0.2, 0) is 78.6 Å². The summed E-state index contributed by atoms with van der Waals surface area (Å²) in [5.41, 5.74) is 3.85. The summed E-state index contributed by atoms with van der Waals surface area (Å²) in [7, 11) is 0. The molecule has 2 heterocycles. The lowest BCUT2D eigenvalue weighted by molar-refractivity contribution is -0.383. The number of hydrogen-bond acceptors (Lipinski definition) is 11. The third-order valence-electron chi connectivity index (χ3n) is 12.0. The minimum absolute atomic E-state index is 0.0607. The summed E-state index contributed by atoms with van der Waals surface area (Å²) in [5.74, 6) is -0.734. The molecule has 0 bridgehead atoms. The molecule has 2 aliphatic rings. The molecule has 0 aromatic heterocycles. The summed E-state index contributed by atoms with van der Waals surface area (Å²) in [6.07, 6.45) is -1.49. The van der Waals surface area contributed by atoms with Crippen LogP contribution in [0.4, 0.5) is 0 Å². The third-order valence-corrected chi connectivity index (χ3v) is 12.0. The lowest BCUT2D eigenvalue weighted by atomic mass is 9.83. The smallest absolute Gasteiger partial charge is 0.305 e. The molecule has 64 heavy (non-hydrogen) atoms. The summed E-state index contributed by atoms with van der Waals surface area (Å²) in [6.45, 7) is 9.30. The van der Waals surface area contributed by atoms with Gasteiger partial charge in [0.05, 0.1) is 32.5 Å². The first kappa shape index (κ1) is 49.0. The van der Waals surface area contributed by atoms with E-state index in [9.17, 15) is 9.59 Å². The molecule has 2 fully saturated rings. The summed E-state index contributed by atoms with van der Waals surface area (Å²) < 4.78 is 59.8. The Bertz CT molecular complexity index is 1900. The number of benzene rings is 4. The third kappa shape index (κ3) is 15.1. The predicted octanol–water partition coefficient (Wildman–Crippen LogP) is 9.92. The van der Waals surface area contributed by atoms with Crippen LogP contribution in [0.2, 0.25) is 0 Å². The van der Waals surface area contributed by atoms with Gasteiger partial charge in [-0.25, -0.2) is 0 Å². The van der Waals surface area contributed by atoms with Crippen LogP contribution in [0.5, 0.6) is 0 Å². The van der Waals surface area contributed by atoms with Crippen molar-refractivity contribution in [2.45, 2.75) is 148 Å². The van der Waals surface area contributed by atoms with Gasteiger partial charge in [0, 0.05) is 12.8 Å². The Balaban J connectivity index is 1.35. The van der Waals surface area contributed by atoms with Gasteiger partial charge in [0.25, 0.3) is 0 Å². The first-order valence-corrected chi connectivity index (χ1v) is 23.2. The van der Waals surface area contributed by atoms with Crippen molar-refractivity contribution in [2.24, 2.45) is 11.8 Å². The number of rotatable bonds is 25. The molecule has 6 rings (SSSR count). The van der Waals surface area contributed by atoms with Gasteiger partial charge >= 0.3 is 11.9 Å². The molecule has 11 heteroatoms. The zero-order valence-electron chi connectivity index (χ0n) is 38.0. The van der Waals surface area contributed by atoms with Gasteiger partial charge in [-0.3, -0.25) is 9.59 Å². The number of unbranched alkanes of at least 4 members (excludes halogenated alkanes) is 3. The van der Waals surface area contributed by atoms with Crippen LogP contribution >= 0.6 is 0 Å². The van der Waals surface area contributed by atoms with E-state index in [1.54, 1.807) is 0 Å². The Morgan fingerprint density at radius 1 is 0.453 bits per heavy atom. The molecule has 4 aromatic carbocycles. The number of ether oxygens (including phenoxy) is 9. The molecule has 346 valence electrons. The fourth-order valence-corrected chi connectivity index (χ4v) is 8.01. The lowest BCUT2D eigenvalue weighted by Crippen LogP contribution is -2.64. The zero-order valence-corrected chi connectivity index (χ0v) is 38.0. The Labute approximate surface area is 380 Å². The molecular formula is C53H68O11. The zero-order chi connectivity index (χ0) is 44.9. The quantitative estimate of drug-likeness (QED) is 0.0468. The molecule has 2 saturated heterocycles. The first-order valence-electron chi connectivity index (χ1n) is 23.2. The molecule has 10 unspecified atom stereocenters. The van der Waals surface area contributed by atoms with E-state index >= 15 is 0 Å². The van der Waals surface area contributed by atoms with Crippen LogP contribution in [-0.4, -0.2) is 74.4 Å². The average molecular weight is 881 g/mol. The summed E-state index contributed by atoms with van der Waals surface area (Å²) in [6, 6.07) is 39.6. The van der Waals surface area contributed by atoms with E-state index in [-0.39, 0.29) is 63.2 Å². The van der Waals surface area contributed by atoms with Gasteiger partial charge in [0.2, 0.25) is 0 Å². The van der Waals surface area contributed by atoms with Gasteiger partial charge in [0.15, 0.2) is 12.6 Å². The molecule has 0 aliphatic carbocycles. The normalized spacial score (nSPS) is 25.7. The molecule has 0 radical (unpaired) electrons. The van der Waals surface area contributed by atoms with Gasteiger partial charge in [-0.2, -0.15) is 0 Å². The predicted molar refractivity (Wildman–Crippen MR) is 242 cm³/mol. The minimum atomic E-state index is -1.12. The molecule has 0 saturated carbocycles. The van der Waals surface area contributed by atoms with Crippen LogP contribution in [0.1, 0.15) is 94.9 Å². The highest BCUT2D eigenvalue weighted by Crippen LogP contribution is 2.38. The van der Waals surface area contributed by atoms with Gasteiger partial charge in [-0.15, -0.1) is 0 Å². The Morgan fingerprint density at radius 3 is 1.33 bits per heavy atom. The Kier molecular flexibility index (Phi) is 20.3. The summed E-state index contributed by atoms with van der Waals surface area (Å²) >= 11 is 0. The fraction of sp³-hybridized carbons (Fsp3) is 0.509. The van der Waals surface area contributed by atoms with E-state index in [0.29, 0.717) is 19.4 Å². The van der Waals surface area contributed by atoms with Crippen molar-refractivity contribution in [3.05, 3.63) is 144 Å². The highest BCUT2D eigenvalue weighted by molar-refractivity contribution is 5.69. The SMILES string of the molecule is CCCCCC(=O)OCC1OC(OC2OC(COC(=O)CCCC)C(OCc3ccccc3)C(OCc3ccccc3)C2OCc2ccccc2)C(OCc2ccccc2)C(C)C1C. The van der Waals surface area contributed by atoms with Crippen LogP contribution in [0.15, 0.2) is 121 Å². The summed E-state index contributed by atoms with van der Waals surface area (Å²) in [5, 5.41) is 0. The number of carbonyl (C=O) groups is 2.